The van der Waals surface area contributed by atoms with Crippen LogP contribution in [0.4, 0.5) is 5.69 Å². The maximum atomic E-state index is 11.2. The van der Waals surface area contributed by atoms with Crippen molar-refractivity contribution in [2.24, 2.45) is 0 Å². The van der Waals surface area contributed by atoms with Crippen molar-refractivity contribution in [3.05, 3.63) is 60.1 Å². The minimum absolute atomic E-state index is 0.0949. The zero-order valence-electron chi connectivity index (χ0n) is 10.0. The van der Waals surface area contributed by atoms with Crippen molar-refractivity contribution in [3.8, 4) is 11.5 Å². The monoisotopic (exact) mass is 449 g/mol. The van der Waals surface area contributed by atoms with Gasteiger partial charge in [-0.2, -0.15) is 0 Å². The fourth-order valence-electron chi connectivity index (χ4n) is 1.68. The third-order valence-corrected chi connectivity index (χ3v) is 3.88. The molecule has 7 heteroatoms. The molecule has 0 bridgehead atoms. The highest BCUT2D eigenvalue weighted by atomic mass is 127. The molecule has 0 aliphatic rings. The van der Waals surface area contributed by atoms with Crippen molar-refractivity contribution in [1.82, 2.24) is 0 Å². The van der Waals surface area contributed by atoms with E-state index in [1.54, 1.807) is 12.1 Å². The summed E-state index contributed by atoms with van der Waals surface area (Å²) >= 11 is 5.34. The lowest BCUT2D eigenvalue weighted by atomic mass is 10.2. The third kappa shape index (κ3) is 3.28. The number of nitrogens with zero attached hydrogens (tertiary/aromatic N) is 1. The Hall–Kier alpha value is -1.19. The van der Waals surface area contributed by atoms with Gasteiger partial charge in [-0.1, -0.05) is 28.1 Å². The summed E-state index contributed by atoms with van der Waals surface area (Å²) < 4.78 is 7.08. The molecule has 0 aliphatic heterocycles. The van der Waals surface area contributed by atoms with E-state index in [2.05, 4.69) is 38.5 Å². The summed E-state index contributed by atoms with van der Waals surface area (Å²) in [5.41, 5.74) is -0.0272. The van der Waals surface area contributed by atoms with Gasteiger partial charge in [0.1, 0.15) is 5.75 Å². The summed E-state index contributed by atoms with van der Waals surface area (Å²) in [5, 5.41) is 20.4. The number of nitro groups is 1. The molecule has 0 heterocycles. The van der Waals surface area contributed by atoms with E-state index in [1.807, 2.05) is 12.1 Å². The van der Waals surface area contributed by atoms with Crippen LogP contribution in [-0.4, -0.2) is 10.0 Å². The van der Waals surface area contributed by atoms with Gasteiger partial charge in [0.2, 0.25) is 5.75 Å². The molecule has 0 unspecified atom stereocenters. The van der Waals surface area contributed by atoms with Gasteiger partial charge in [0.05, 0.1) is 20.7 Å². The molecule has 5 nitrogen and oxygen atoms in total. The Bertz CT molecular complexity index is 663. The van der Waals surface area contributed by atoms with Gasteiger partial charge in [0.25, 0.3) is 0 Å². The molecule has 0 spiro atoms. The number of ether oxygens (including phenoxy) is 1. The Kier molecular flexibility index (Phi) is 4.95. The molecule has 2 aromatic rings. The number of rotatable bonds is 4. The molecule has 20 heavy (non-hydrogen) atoms. The minimum Gasteiger partial charge on any atom is -0.449 e. The van der Waals surface area contributed by atoms with Gasteiger partial charge in [-0.25, -0.2) is 0 Å². The number of hydrogen-bond donors (Lipinski definition) is 1. The number of hydrogen-bond acceptors (Lipinski definition) is 4. The zero-order chi connectivity index (χ0) is 14.7. The van der Waals surface area contributed by atoms with Gasteiger partial charge in [-0.3, -0.25) is 10.1 Å². The Morgan fingerprint density at radius 3 is 2.60 bits per heavy atom. The first-order chi connectivity index (χ1) is 9.52. The van der Waals surface area contributed by atoms with E-state index in [4.69, 9.17) is 4.74 Å². The Labute approximate surface area is 137 Å². The standard InChI is InChI=1S/C13H9BrINO4/c14-9-5-8(7-17)13(16(18)19)12(6-9)20-11-4-2-1-3-10(11)15/h1-6,17H,7H2. The van der Waals surface area contributed by atoms with E-state index in [9.17, 15) is 15.2 Å². The average Bonchev–Trinajstić information content (AvgIpc) is 2.40. The molecular formula is C13H9BrINO4. The van der Waals surface area contributed by atoms with E-state index >= 15 is 0 Å². The molecule has 0 atom stereocenters. The third-order valence-electron chi connectivity index (χ3n) is 2.53. The first kappa shape index (κ1) is 15.2. The molecule has 104 valence electrons. The van der Waals surface area contributed by atoms with Crippen molar-refractivity contribution in [2.75, 3.05) is 0 Å². The molecule has 0 radical (unpaired) electrons. The molecular weight excluding hydrogens is 441 g/mol. The fourth-order valence-corrected chi connectivity index (χ4v) is 2.66. The predicted octanol–water partition coefficient (Wildman–Crippen LogP) is 4.25. The van der Waals surface area contributed by atoms with Crippen LogP contribution >= 0.6 is 38.5 Å². The number of benzene rings is 2. The van der Waals surface area contributed by atoms with Gasteiger partial charge < -0.3 is 9.84 Å². The highest BCUT2D eigenvalue weighted by molar-refractivity contribution is 14.1. The van der Waals surface area contributed by atoms with Crippen LogP contribution in [0.5, 0.6) is 11.5 Å². The van der Waals surface area contributed by atoms with Crippen molar-refractivity contribution >= 4 is 44.2 Å². The maximum absolute atomic E-state index is 11.2. The zero-order valence-corrected chi connectivity index (χ0v) is 13.8. The number of aliphatic hydroxyl groups excluding tert-OH is 1. The summed E-state index contributed by atoms with van der Waals surface area (Å²) in [6, 6.07) is 10.2. The maximum Gasteiger partial charge on any atom is 0.317 e. The average molecular weight is 450 g/mol. The highest BCUT2D eigenvalue weighted by Crippen LogP contribution is 2.38. The van der Waals surface area contributed by atoms with E-state index in [0.29, 0.717) is 10.2 Å². The van der Waals surface area contributed by atoms with Gasteiger partial charge >= 0.3 is 5.69 Å². The first-order valence-electron chi connectivity index (χ1n) is 5.53. The molecule has 0 fully saturated rings. The largest absolute Gasteiger partial charge is 0.449 e. The fraction of sp³-hybridized carbons (Fsp3) is 0.0769. The van der Waals surface area contributed by atoms with Gasteiger partial charge in [0.15, 0.2) is 0 Å². The molecule has 0 amide bonds. The molecule has 2 aromatic carbocycles. The second kappa shape index (κ2) is 6.51. The lowest BCUT2D eigenvalue weighted by Gasteiger charge is -2.10. The van der Waals surface area contributed by atoms with Crippen LogP contribution < -0.4 is 4.74 Å². The molecule has 0 saturated carbocycles. The Morgan fingerprint density at radius 1 is 1.30 bits per heavy atom. The van der Waals surface area contributed by atoms with Crippen LogP contribution in [0.25, 0.3) is 0 Å². The highest BCUT2D eigenvalue weighted by Gasteiger charge is 2.22. The number of para-hydroxylation sites is 1. The summed E-state index contributed by atoms with van der Waals surface area (Å²) in [4.78, 5) is 10.6. The number of nitro benzene ring substituents is 1. The summed E-state index contributed by atoms with van der Waals surface area (Å²) in [6.07, 6.45) is 0. The van der Waals surface area contributed by atoms with Gasteiger partial charge in [-0.15, -0.1) is 0 Å². The van der Waals surface area contributed by atoms with Gasteiger partial charge in [-0.05, 0) is 40.8 Å². The summed E-state index contributed by atoms with van der Waals surface area (Å²) in [6.45, 7) is -0.433. The minimum atomic E-state index is -0.552. The van der Waals surface area contributed by atoms with Crippen molar-refractivity contribution in [2.45, 2.75) is 6.61 Å². The first-order valence-corrected chi connectivity index (χ1v) is 7.40. The smallest absolute Gasteiger partial charge is 0.317 e. The van der Waals surface area contributed by atoms with Crippen molar-refractivity contribution < 1.29 is 14.8 Å². The van der Waals surface area contributed by atoms with Crippen LogP contribution in [0.3, 0.4) is 0 Å². The number of halogens is 2. The second-order valence-electron chi connectivity index (χ2n) is 3.86. The van der Waals surface area contributed by atoms with E-state index < -0.39 is 11.5 Å². The molecule has 1 N–H and O–H groups in total. The van der Waals surface area contributed by atoms with Crippen LogP contribution in [-0.2, 0) is 6.61 Å². The van der Waals surface area contributed by atoms with E-state index in [-0.39, 0.29) is 17.0 Å². The second-order valence-corrected chi connectivity index (χ2v) is 5.94. The van der Waals surface area contributed by atoms with Crippen LogP contribution in [0.1, 0.15) is 5.56 Å². The summed E-state index contributed by atoms with van der Waals surface area (Å²) in [7, 11) is 0. The van der Waals surface area contributed by atoms with Crippen molar-refractivity contribution in [1.29, 1.82) is 0 Å². The quantitative estimate of drug-likeness (QED) is 0.430. The predicted molar refractivity (Wildman–Crippen MR) is 86.0 cm³/mol. The molecule has 0 aliphatic carbocycles. The van der Waals surface area contributed by atoms with E-state index in [0.717, 1.165) is 3.57 Å². The van der Waals surface area contributed by atoms with Crippen molar-refractivity contribution in [3.63, 3.8) is 0 Å². The van der Waals surface area contributed by atoms with Crippen LogP contribution in [0.2, 0.25) is 0 Å². The molecule has 2 rings (SSSR count). The Balaban J connectivity index is 2.53. The number of aliphatic hydroxyl groups is 1. The lowest BCUT2D eigenvalue weighted by Crippen LogP contribution is -1.99. The molecule has 0 aromatic heterocycles. The Morgan fingerprint density at radius 2 is 2.00 bits per heavy atom. The molecule has 0 saturated heterocycles. The topological polar surface area (TPSA) is 72.6 Å². The van der Waals surface area contributed by atoms with Gasteiger partial charge in [0, 0.05) is 10.5 Å². The van der Waals surface area contributed by atoms with Crippen LogP contribution in [0, 0.1) is 13.7 Å². The van der Waals surface area contributed by atoms with Crippen LogP contribution in [0.15, 0.2) is 40.9 Å². The normalized spacial score (nSPS) is 10.3. The van der Waals surface area contributed by atoms with E-state index in [1.165, 1.54) is 12.1 Å². The SMILES string of the molecule is O=[N+]([O-])c1c(CO)cc(Br)cc1Oc1ccccc1I. The lowest BCUT2D eigenvalue weighted by molar-refractivity contribution is -0.386. The summed E-state index contributed by atoms with van der Waals surface area (Å²) in [5.74, 6) is 0.621.